The van der Waals surface area contributed by atoms with Crippen LogP contribution in [0.2, 0.25) is 0 Å². The van der Waals surface area contributed by atoms with Crippen molar-refractivity contribution in [3.63, 3.8) is 0 Å². The maximum atomic E-state index is 12.7. The van der Waals surface area contributed by atoms with Gasteiger partial charge in [-0.15, -0.1) is 12.4 Å². The third-order valence-corrected chi connectivity index (χ3v) is 6.02. The molecule has 0 unspecified atom stereocenters. The summed E-state index contributed by atoms with van der Waals surface area (Å²) in [5.41, 5.74) is 2.21. The van der Waals surface area contributed by atoms with Gasteiger partial charge in [0.15, 0.2) is 0 Å². The molecule has 8 nitrogen and oxygen atoms in total. The van der Waals surface area contributed by atoms with E-state index in [2.05, 4.69) is 21.2 Å². The van der Waals surface area contributed by atoms with E-state index in [0.717, 1.165) is 56.1 Å². The molecule has 2 saturated heterocycles. The largest absolute Gasteiger partial charge is 0.497 e. The third kappa shape index (κ3) is 5.81. The third-order valence-electron chi connectivity index (χ3n) is 6.02. The van der Waals surface area contributed by atoms with Crippen molar-refractivity contribution in [2.75, 3.05) is 58.4 Å². The summed E-state index contributed by atoms with van der Waals surface area (Å²) in [6, 6.07) is 15.1. The number of anilines is 1. The Morgan fingerprint density at radius 3 is 2.44 bits per heavy atom. The number of carbonyl (C=O) groups is 2. The van der Waals surface area contributed by atoms with Gasteiger partial charge in [0.05, 0.1) is 19.9 Å². The number of para-hydroxylation sites is 2. The van der Waals surface area contributed by atoms with Crippen molar-refractivity contribution in [2.24, 2.45) is 0 Å². The Morgan fingerprint density at radius 1 is 0.941 bits per heavy atom. The number of hydrogen-bond acceptors (Lipinski definition) is 6. The van der Waals surface area contributed by atoms with Gasteiger partial charge in [0.2, 0.25) is 0 Å². The average molecular weight is 487 g/mol. The highest BCUT2D eigenvalue weighted by atomic mass is 35.5. The van der Waals surface area contributed by atoms with Crippen molar-refractivity contribution in [3.8, 4) is 11.5 Å². The quantitative estimate of drug-likeness (QED) is 0.456. The minimum Gasteiger partial charge on any atom is -0.497 e. The molecule has 0 bridgehead atoms. The number of carbonyl (C=O) groups excluding carboxylic acids is 2. The number of piperazine rings is 1. The van der Waals surface area contributed by atoms with Crippen LogP contribution in [0.4, 0.5) is 10.5 Å². The average Bonchev–Trinajstić information content (AvgIpc) is 3.11. The maximum Gasteiger partial charge on any atom is 0.329 e. The first-order valence-corrected chi connectivity index (χ1v) is 11.2. The number of urea groups is 1. The first kappa shape index (κ1) is 25.4. The first-order valence-electron chi connectivity index (χ1n) is 11.2. The fourth-order valence-electron chi connectivity index (χ4n) is 4.23. The van der Waals surface area contributed by atoms with Crippen LogP contribution in [0.1, 0.15) is 12.0 Å². The molecule has 3 amide bonds. The maximum absolute atomic E-state index is 12.7. The van der Waals surface area contributed by atoms with Gasteiger partial charge < -0.3 is 19.7 Å². The molecule has 2 fully saturated rings. The van der Waals surface area contributed by atoms with Gasteiger partial charge in [0.25, 0.3) is 5.91 Å². The van der Waals surface area contributed by atoms with Crippen LogP contribution in [-0.2, 0) is 4.79 Å². The van der Waals surface area contributed by atoms with Crippen molar-refractivity contribution in [1.29, 1.82) is 0 Å². The molecule has 2 aromatic carbocycles. The van der Waals surface area contributed by atoms with Crippen LogP contribution < -0.4 is 19.7 Å². The number of imide groups is 1. The van der Waals surface area contributed by atoms with Crippen LogP contribution >= 0.6 is 12.4 Å². The lowest BCUT2D eigenvalue weighted by molar-refractivity contribution is -0.122. The monoisotopic (exact) mass is 486 g/mol. The molecule has 34 heavy (non-hydrogen) atoms. The van der Waals surface area contributed by atoms with Crippen LogP contribution in [0.15, 0.2) is 54.2 Å². The molecular formula is C25H31ClN4O4. The zero-order valence-corrected chi connectivity index (χ0v) is 20.3. The summed E-state index contributed by atoms with van der Waals surface area (Å²) in [6.07, 6.45) is 2.42. The molecule has 2 aliphatic heterocycles. The molecular weight excluding hydrogens is 456 g/mol. The number of rotatable bonds is 8. The van der Waals surface area contributed by atoms with E-state index in [1.807, 2.05) is 42.5 Å². The summed E-state index contributed by atoms with van der Waals surface area (Å²) in [6.45, 7) is 4.92. The Balaban J connectivity index is 0.00000324. The number of halogens is 1. The molecule has 0 aromatic heterocycles. The number of benzene rings is 2. The molecule has 0 spiro atoms. The molecule has 0 aliphatic carbocycles. The highest BCUT2D eigenvalue weighted by molar-refractivity contribution is 6.13. The van der Waals surface area contributed by atoms with Crippen LogP contribution in [-0.4, -0.2) is 75.2 Å². The molecule has 2 heterocycles. The van der Waals surface area contributed by atoms with Gasteiger partial charge in [-0.1, -0.05) is 24.3 Å². The van der Waals surface area contributed by atoms with E-state index in [1.165, 1.54) is 4.90 Å². The van der Waals surface area contributed by atoms with E-state index in [9.17, 15) is 9.59 Å². The smallest absolute Gasteiger partial charge is 0.329 e. The molecule has 2 aromatic rings. The molecule has 9 heteroatoms. The Bertz CT molecular complexity index is 1040. The van der Waals surface area contributed by atoms with E-state index in [1.54, 1.807) is 20.3 Å². The van der Waals surface area contributed by atoms with Crippen LogP contribution in [0.25, 0.3) is 6.08 Å². The summed E-state index contributed by atoms with van der Waals surface area (Å²) < 4.78 is 10.7. The van der Waals surface area contributed by atoms with E-state index in [4.69, 9.17) is 9.47 Å². The predicted molar refractivity (Wildman–Crippen MR) is 135 cm³/mol. The van der Waals surface area contributed by atoms with Gasteiger partial charge in [-0.05, 0) is 48.9 Å². The molecule has 0 radical (unpaired) electrons. The Morgan fingerprint density at radius 2 is 1.71 bits per heavy atom. The van der Waals surface area contributed by atoms with Crippen molar-refractivity contribution >= 4 is 36.1 Å². The van der Waals surface area contributed by atoms with Crippen LogP contribution in [0, 0.1) is 0 Å². The molecule has 1 N–H and O–H groups in total. The summed E-state index contributed by atoms with van der Waals surface area (Å²) >= 11 is 0. The number of methoxy groups -OCH3 is 2. The Labute approximate surface area is 206 Å². The van der Waals surface area contributed by atoms with Gasteiger partial charge in [-0.25, -0.2) is 4.79 Å². The first-order chi connectivity index (χ1) is 16.1. The van der Waals surface area contributed by atoms with E-state index < -0.39 is 0 Å². The number of amides is 3. The molecule has 0 atom stereocenters. The number of ether oxygens (including phenoxy) is 2. The number of hydrogen-bond donors (Lipinski definition) is 1. The fraction of sp³-hybridized carbons (Fsp3) is 0.360. The van der Waals surface area contributed by atoms with Crippen molar-refractivity contribution in [1.82, 2.24) is 15.1 Å². The Kier molecular flexibility index (Phi) is 8.79. The molecule has 2 aliphatic rings. The highest BCUT2D eigenvalue weighted by Crippen LogP contribution is 2.28. The molecule has 4 rings (SSSR count). The number of nitrogens with zero attached hydrogens (tertiary/aromatic N) is 3. The lowest BCUT2D eigenvalue weighted by Crippen LogP contribution is -2.47. The minimum absolute atomic E-state index is 0. The second kappa shape index (κ2) is 11.8. The van der Waals surface area contributed by atoms with Gasteiger partial charge >= 0.3 is 6.03 Å². The summed E-state index contributed by atoms with van der Waals surface area (Å²) in [4.78, 5) is 31.1. The SMILES string of the molecule is COc1cccc(/C=C2\NC(=O)N(CCCN3CCN(c4ccccc4OC)CC3)C2=O)c1.Cl. The number of nitrogens with one attached hydrogen (secondary N) is 1. The van der Waals surface area contributed by atoms with Crippen molar-refractivity contribution in [2.45, 2.75) is 6.42 Å². The predicted octanol–water partition coefficient (Wildman–Crippen LogP) is 3.23. The summed E-state index contributed by atoms with van der Waals surface area (Å²) in [5.74, 6) is 1.30. The second-order valence-electron chi connectivity index (χ2n) is 8.08. The summed E-state index contributed by atoms with van der Waals surface area (Å²) in [7, 11) is 3.29. The summed E-state index contributed by atoms with van der Waals surface area (Å²) in [5, 5.41) is 2.69. The van der Waals surface area contributed by atoms with Gasteiger partial charge in [-0.2, -0.15) is 0 Å². The fourth-order valence-corrected chi connectivity index (χ4v) is 4.23. The minimum atomic E-state index is -0.366. The van der Waals surface area contributed by atoms with E-state index >= 15 is 0 Å². The zero-order valence-electron chi connectivity index (χ0n) is 19.5. The van der Waals surface area contributed by atoms with Crippen LogP contribution in [0.5, 0.6) is 11.5 Å². The normalized spacial score (nSPS) is 17.5. The Hall–Kier alpha value is -3.23. The van der Waals surface area contributed by atoms with E-state index in [0.29, 0.717) is 18.0 Å². The van der Waals surface area contributed by atoms with Gasteiger partial charge in [0, 0.05) is 32.7 Å². The second-order valence-corrected chi connectivity index (χ2v) is 8.08. The van der Waals surface area contributed by atoms with Crippen LogP contribution in [0.3, 0.4) is 0 Å². The molecule has 182 valence electrons. The lowest BCUT2D eigenvalue weighted by Gasteiger charge is -2.36. The van der Waals surface area contributed by atoms with Crippen molar-refractivity contribution < 1.29 is 19.1 Å². The zero-order chi connectivity index (χ0) is 23.2. The van der Waals surface area contributed by atoms with E-state index in [-0.39, 0.29) is 24.3 Å². The van der Waals surface area contributed by atoms with Crippen molar-refractivity contribution in [3.05, 3.63) is 59.8 Å². The van der Waals surface area contributed by atoms with Gasteiger partial charge in [0.1, 0.15) is 17.2 Å². The standard InChI is InChI=1S/C25H30N4O4.ClH/c1-32-20-8-5-7-19(17-20)18-21-24(30)29(25(31)26-21)12-6-11-27-13-15-28(16-14-27)22-9-3-4-10-23(22)33-2;/h3-5,7-10,17-18H,6,11-16H2,1-2H3,(H,26,31);1H/b21-18-;. The van der Waals surface area contributed by atoms with Gasteiger partial charge in [-0.3, -0.25) is 14.6 Å². The molecule has 0 saturated carbocycles. The lowest BCUT2D eigenvalue weighted by atomic mass is 10.2. The highest BCUT2D eigenvalue weighted by Gasteiger charge is 2.33. The topological polar surface area (TPSA) is 74.3 Å².